The van der Waals surface area contributed by atoms with Crippen LogP contribution >= 0.6 is 0 Å². The van der Waals surface area contributed by atoms with E-state index >= 15 is 0 Å². The zero-order valence-corrected chi connectivity index (χ0v) is 15.2. The summed E-state index contributed by atoms with van der Waals surface area (Å²) >= 11 is 0. The first-order valence-corrected chi connectivity index (χ1v) is 8.58. The molecule has 0 aliphatic heterocycles. The van der Waals surface area contributed by atoms with Crippen molar-refractivity contribution in [2.75, 3.05) is 18.0 Å². The van der Waals surface area contributed by atoms with Crippen molar-refractivity contribution in [3.8, 4) is 5.75 Å². The lowest BCUT2D eigenvalue weighted by Crippen LogP contribution is -2.22. The van der Waals surface area contributed by atoms with Gasteiger partial charge in [-0.3, -0.25) is 0 Å². The van der Waals surface area contributed by atoms with Crippen LogP contribution in [0.2, 0.25) is 0 Å². The zero-order valence-electron chi connectivity index (χ0n) is 15.2. The molecule has 0 saturated carbocycles. The minimum absolute atomic E-state index is 0.177. The monoisotopic (exact) mass is 333 g/mol. The van der Waals surface area contributed by atoms with Gasteiger partial charge in [0.25, 0.3) is 0 Å². The molecule has 0 bridgehead atoms. The third kappa shape index (κ3) is 5.12. The van der Waals surface area contributed by atoms with Crippen molar-refractivity contribution < 1.29 is 4.74 Å². The molecule has 130 valence electrons. The van der Waals surface area contributed by atoms with E-state index in [1.165, 1.54) is 0 Å². The Kier molecular flexibility index (Phi) is 6.64. The summed E-state index contributed by atoms with van der Waals surface area (Å²) in [4.78, 5) is 2.21. The number of benzene rings is 2. The lowest BCUT2D eigenvalue weighted by Gasteiger charge is -2.22. The van der Waals surface area contributed by atoms with Crippen LogP contribution in [0, 0.1) is 0 Å². The molecule has 25 heavy (non-hydrogen) atoms. The van der Waals surface area contributed by atoms with Crippen LogP contribution in [-0.4, -0.2) is 19.2 Å². The Balaban J connectivity index is 2.14. The molecule has 2 aromatic rings. The number of nitrogens with zero attached hydrogens (tertiary/aromatic N) is 1. The van der Waals surface area contributed by atoms with Crippen LogP contribution in [0.5, 0.6) is 5.75 Å². The average Bonchev–Trinajstić information content (AvgIpc) is 2.61. The van der Waals surface area contributed by atoms with E-state index in [4.69, 9.17) is 4.74 Å². The van der Waals surface area contributed by atoms with Crippen LogP contribution in [-0.2, 0) is 0 Å². The van der Waals surface area contributed by atoms with Crippen LogP contribution in [0.25, 0.3) is 5.57 Å². The summed E-state index contributed by atoms with van der Waals surface area (Å²) < 4.78 is 5.69. The number of hydrogen-bond acceptors (Lipinski definition) is 2. The topological polar surface area (TPSA) is 12.5 Å². The van der Waals surface area contributed by atoms with E-state index in [1.807, 2.05) is 38.1 Å². The third-order valence-corrected chi connectivity index (χ3v) is 3.85. The normalized spacial score (nSPS) is 10.4. The van der Waals surface area contributed by atoms with E-state index in [2.05, 4.69) is 61.0 Å². The highest BCUT2D eigenvalue weighted by Gasteiger charge is 2.06. The van der Waals surface area contributed by atoms with Crippen LogP contribution < -0.4 is 9.64 Å². The van der Waals surface area contributed by atoms with Gasteiger partial charge in [0.15, 0.2) is 0 Å². The summed E-state index contributed by atoms with van der Waals surface area (Å²) in [6.45, 7) is 17.5. The summed E-state index contributed by atoms with van der Waals surface area (Å²) in [7, 11) is 0. The van der Waals surface area contributed by atoms with E-state index in [0.717, 1.165) is 41.2 Å². The van der Waals surface area contributed by atoms with E-state index in [1.54, 1.807) is 0 Å². The predicted octanol–water partition coefficient (Wildman–Crippen LogP) is 5.71. The molecule has 0 aromatic heterocycles. The highest BCUT2D eigenvalue weighted by Crippen LogP contribution is 2.26. The summed E-state index contributed by atoms with van der Waals surface area (Å²) in [6, 6.07) is 16.5. The van der Waals surface area contributed by atoms with Gasteiger partial charge in [0.05, 0.1) is 6.10 Å². The summed E-state index contributed by atoms with van der Waals surface area (Å²) in [5.74, 6) is 0.881. The fraction of sp³-hybridized carbons (Fsp3) is 0.217. The average molecular weight is 333 g/mol. The summed E-state index contributed by atoms with van der Waals surface area (Å²) in [6.07, 6.45) is 3.98. The second-order valence-corrected chi connectivity index (χ2v) is 6.20. The van der Waals surface area contributed by atoms with Gasteiger partial charge >= 0.3 is 0 Å². The first-order valence-electron chi connectivity index (χ1n) is 8.58. The molecule has 0 saturated heterocycles. The van der Waals surface area contributed by atoms with Gasteiger partial charge < -0.3 is 9.64 Å². The van der Waals surface area contributed by atoms with Gasteiger partial charge in [0.2, 0.25) is 0 Å². The van der Waals surface area contributed by atoms with E-state index < -0.39 is 0 Å². The molecule has 0 spiro atoms. The first-order chi connectivity index (χ1) is 12.0. The van der Waals surface area contributed by atoms with Gasteiger partial charge in [-0.2, -0.15) is 0 Å². The maximum atomic E-state index is 5.69. The Morgan fingerprint density at radius 3 is 1.84 bits per heavy atom. The Hall–Kier alpha value is -2.74. The Morgan fingerprint density at radius 2 is 1.40 bits per heavy atom. The van der Waals surface area contributed by atoms with Gasteiger partial charge in [-0.15, -0.1) is 13.2 Å². The third-order valence-electron chi connectivity index (χ3n) is 3.85. The number of hydrogen-bond donors (Lipinski definition) is 0. The molecule has 0 heterocycles. The van der Waals surface area contributed by atoms with Gasteiger partial charge in [-0.05, 0) is 54.8 Å². The second kappa shape index (κ2) is 8.93. The number of ether oxygens (including phenoxy) is 1. The molecule has 0 radical (unpaired) electrons. The Bertz CT molecular complexity index is 701. The molecule has 0 amide bonds. The molecule has 0 N–H and O–H groups in total. The zero-order chi connectivity index (χ0) is 18.2. The van der Waals surface area contributed by atoms with Crippen molar-refractivity contribution in [1.82, 2.24) is 0 Å². The quantitative estimate of drug-likeness (QED) is 0.545. The van der Waals surface area contributed by atoms with Crippen molar-refractivity contribution in [3.63, 3.8) is 0 Å². The van der Waals surface area contributed by atoms with Crippen LogP contribution in [0.3, 0.4) is 0 Å². The fourth-order valence-electron chi connectivity index (χ4n) is 2.64. The lowest BCUT2D eigenvalue weighted by atomic mass is 9.99. The smallest absolute Gasteiger partial charge is 0.119 e. The van der Waals surface area contributed by atoms with Crippen LogP contribution in [0.4, 0.5) is 5.69 Å². The van der Waals surface area contributed by atoms with Gasteiger partial charge in [-0.25, -0.2) is 0 Å². The molecule has 0 fully saturated rings. The lowest BCUT2D eigenvalue weighted by molar-refractivity contribution is 0.242. The first kappa shape index (κ1) is 18.6. The highest BCUT2D eigenvalue weighted by atomic mass is 16.5. The van der Waals surface area contributed by atoms with Crippen molar-refractivity contribution in [2.24, 2.45) is 0 Å². The van der Waals surface area contributed by atoms with Gasteiger partial charge in [0, 0.05) is 18.8 Å². The molecular weight excluding hydrogens is 306 g/mol. The minimum atomic E-state index is 0.177. The van der Waals surface area contributed by atoms with Gasteiger partial charge in [-0.1, -0.05) is 43.0 Å². The molecular formula is C23H27NO. The highest BCUT2D eigenvalue weighted by molar-refractivity contribution is 5.79. The van der Waals surface area contributed by atoms with E-state index in [0.29, 0.717) is 0 Å². The molecule has 0 unspecified atom stereocenters. The molecule has 2 heteroatoms. The summed E-state index contributed by atoms with van der Waals surface area (Å²) in [5.41, 5.74) is 4.36. The minimum Gasteiger partial charge on any atom is -0.491 e. The standard InChI is InChI=1S/C23H27NO/c1-6-16-24(17-7-2)22-12-8-20(9-13-22)19(5)21-10-14-23(15-11-21)25-18(3)4/h6-15,18H,1-2,5,16-17H2,3-4H3. The Morgan fingerprint density at radius 1 is 0.920 bits per heavy atom. The second-order valence-electron chi connectivity index (χ2n) is 6.20. The van der Waals surface area contributed by atoms with E-state index in [-0.39, 0.29) is 6.10 Å². The van der Waals surface area contributed by atoms with Crippen molar-refractivity contribution in [2.45, 2.75) is 20.0 Å². The molecule has 0 atom stereocenters. The molecule has 0 aliphatic rings. The van der Waals surface area contributed by atoms with Crippen molar-refractivity contribution >= 4 is 11.3 Å². The molecule has 2 nitrogen and oxygen atoms in total. The largest absolute Gasteiger partial charge is 0.491 e. The van der Waals surface area contributed by atoms with Crippen molar-refractivity contribution in [1.29, 1.82) is 0 Å². The Labute approximate surface area is 151 Å². The van der Waals surface area contributed by atoms with E-state index in [9.17, 15) is 0 Å². The van der Waals surface area contributed by atoms with Crippen molar-refractivity contribution in [3.05, 3.63) is 91.5 Å². The molecule has 0 aliphatic carbocycles. The van der Waals surface area contributed by atoms with Gasteiger partial charge in [0.1, 0.15) is 5.75 Å². The number of rotatable bonds is 9. The number of anilines is 1. The molecule has 2 aromatic carbocycles. The summed E-state index contributed by atoms with van der Waals surface area (Å²) in [5, 5.41) is 0. The van der Waals surface area contributed by atoms with Crippen LogP contribution in [0.15, 0.2) is 80.4 Å². The fourth-order valence-corrected chi connectivity index (χ4v) is 2.64. The molecule has 2 rings (SSSR count). The van der Waals surface area contributed by atoms with Crippen LogP contribution in [0.1, 0.15) is 25.0 Å². The maximum Gasteiger partial charge on any atom is 0.119 e. The SMILES string of the molecule is C=CCN(CC=C)c1ccc(C(=C)c2ccc(OC(C)C)cc2)cc1. The maximum absolute atomic E-state index is 5.69. The predicted molar refractivity (Wildman–Crippen MR) is 109 cm³/mol.